The second-order valence-corrected chi connectivity index (χ2v) is 13.4. The number of benzene rings is 1. The molecule has 0 aromatic heterocycles. The Balaban J connectivity index is 1.81. The number of ether oxygens (including phenoxy) is 3. The van der Waals surface area contributed by atoms with Crippen molar-refractivity contribution in [2.45, 2.75) is 106 Å². The minimum Gasteiger partial charge on any atom is -0.391 e. The Bertz CT molecular complexity index is 750. The molecule has 2 heterocycles. The number of thioether (sulfide) groups is 1. The molecule has 0 aliphatic carbocycles. The van der Waals surface area contributed by atoms with Crippen LogP contribution in [-0.4, -0.2) is 73.7 Å². The van der Waals surface area contributed by atoms with Gasteiger partial charge in [0.25, 0.3) is 0 Å². The van der Waals surface area contributed by atoms with Crippen LogP contribution in [0.1, 0.15) is 70.8 Å². The van der Waals surface area contributed by atoms with Gasteiger partial charge in [0.1, 0.15) is 4.08 Å². The van der Waals surface area contributed by atoms with Crippen LogP contribution in [0, 0.1) is 0 Å². The fraction of sp³-hybridized carbons (Fsp3) is 0.778. The maximum atomic E-state index is 13.6. The molecule has 2 fully saturated rings. The van der Waals surface area contributed by atoms with Crippen molar-refractivity contribution >= 4 is 22.6 Å². The number of hydrogen-bond donors (Lipinski definition) is 2. The van der Waals surface area contributed by atoms with Crippen LogP contribution in [0.3, 0.4) is 0 Å². The molecule has 3 rings (SSSR count). The molecule has 2 aliphatic rings. The third kappa shape index (κ3) is 8.25. The average molecular weight is 529 g/mol. The monoisotopic (exact) mass is 528 g/mol. The zero-order valence-corrected chi connectivity index (χ0v) is 22.9. The Morgan fingerprint density at radius 2 is 1.77 bits per heavy atom. The van der Waals surface area contributed by atoms with Crippen LogP contribution in [-0.2, 0) is 31.6 Å². The number of aliphatic hydroxyl groups excluding tert-OH is 2. The first-order chi connectivity index (χ1) is 17.0. The fourth-order valence-corrected chi connectivity index (χ4v) is 8.65. The van der Waals surface area contributed by atoms with Gasteiger partial charge in [-0.2, -0.15) is 0 Å². The van der Waals surface area contributed by atoms with Crippen molar-refractivity contribution in [3.63, 3.8) is 0 Å². The lowest BCUT2D eigenvalue weighted by molar-refractivity contribution is -0.0828. The van der Waals surface area contributed by atoms with Gasteiger partial charge < -0.3 is 24.4 Å². The van der Waals surface area contributed by atoms with Gasteiger partial charge in [0.2, 0.25) is 0 Å². The van der Waals surface area contributed by atoms with Crippen LogP contribution in [0.25, 0.3) is 0 Å². The van der Waals surface area contributed by atoms with Crippen molar-refractivity contribution < 1.29 is 28.6 Å². The van der Waals surface area contributed by atoms with E-state index in [4.69, 9.17) is 14.2 Å². The minimum atomic E-state index is -1.30. The molecule has 2 N–H and O–H groups in total. The van der Waals surface area contributed by atoms with Crippen molar-refractivity contribution in [3.8, 4) is 0 Å². The second kappa shape index (κ2) is 15.1. The summed E-state index contributed by atoms with van der Waals surface area (Å²) in [6.45, 7) is 5.67. The molecule has 8 heteroatoms. The van der Waals surface area contributed by atoms with Crippen molar-refractivity contribution in [2.75, 3.05) is 24.7 Å². The van der Waals surface area contributed by atoms with Crippen molar-refractivity contribution in [3.05, 3.63) is 35.9 Å². The first-order valence-corrected chi connectivity index (χ1v) is 15.6. The van der Waals surface area contributed by atoms with E-state index in [2.05, 4.69) is 12.1 Å². The lowest BCUT2D eigenvalue weighted by Gasteiger charge is -2.41. The van der Waals surface area contributed by atoms with E-state index in [1.54, 1.807) is 11.8 Å². The maximum Gasteiger partial charge on any atom is 0.119 e. The molecule has 0 bridgehead atoms. The predicted octanol–water partition coefficient (Wildman–Crippen LogP) is 4.43. The summed E-state index contributed by atoms with van der Waals surface area (Å²) in [5.74, 6) is 1.17. The SMILES string of the molecule is CCSC(C[C@@H]1OCCCC[C@H]1OCc1ccccc1)(C(O)C[C@H]1OCCCC[C@@H]1O)S(=O)CC. The zero-order valence-electron chi connectivity index (χ0n) is 21.3. The molecule has 200 valence electrons. The molecule has 3 unspecified atom stereocenters. The van der Waals surface area contributed by atoms with Gasteiger partial charge in [-0.3, -0.25) is 4.21 Å². The number of hydrogen-bond acceptors (Lipinski definition) is 7. The molecule has 0 saturated carbocycles. The third-order valence-electron chi connectivity index (χ3n) is 7.08. The van der Waals surface area contributed by atoms with Gasteiger partial charge in [-0.25, -0.2) is 0 Å². The van der Waals surface area contributed by atoms with Gasteiger partial charge >= 0.3 is 0 Å². The Kier molecular flexibility index (Phi) is 12.5. The molecule has 1 aromatic rings. The first-order valence-electron chi connectivity index (χ1n) is 13.3. The fourth-order valence-electron chi connectivity index (χ4n) is 5.12. The first kappa shape index (κ1) is 29.1. The molecule has 6 nitrogen and oxygen atoms in total. The van der Waals surface area contributed by atoms with E-state index < -0.39 is 33.2 Å². The third-order valence-corrected chi connectivity index (χ3v) is 10.9. The maximum absolute atomic E-state index is 13.6. The second-order valence-electron chi connectivity index (χ2n) is 9.55. The van der Waals surface area contributed by atoms with E-state index in [0.29, 0.717) is 38.4 Å². The number of aliphatic hydroxyl groups is 2. The van der Waals surface area contributed by atoms with Gasteiger partial charge in [0.05, 0.1) is 37.1 Å². The minimum absolute atomic E-state index is 0.129. The van der Waals surface area contributed by atoms with Crippen LogP contribution >= 0.6 is 11.8 Å². The molecule has 35 heavy (non-hydrogen) atoms. The van der Waals surface area contributed by atoms with E-state index in [1.807, 2.05) is 32.0 Å². The quantitative estimate of drug-likeness (QED) is 0.415. The summed E-state index contributed by atoms with van der Waals surface area (Å²) in [6, 6.07) is 10.1. The molecule has 7 atom stereocenters. The molecular weight excluding hydrogens is 484 g/mol. The van der Waals surface area contributed by atoms with Crippen LogP contribution < -0.4 is 0 Å². The smallest absolute Gasteiger partial charge is 0.119 e. The molecule has 2 saturated heterocycles. The summed E-state index contributed by atoms with van der Waals surface area (Å²) in [7, 11) is -1.30. The molecular formula is C27H44O6S2. The average Bonchev–Trinajstić information content (AvgIpc) is 3.22. The molecule has 1 aromatic carbocycles. The summed E-state index contributed by atoms with van der Waals surface area (Å²) in [6.07, 6.45) is 3.73. The highest BCUT2D eigenvalue weighted by atomic mass is 32.2. The van der Waals surface area contributed by atoms with E-state index in [1.165, 1.54) is 0 Å². The van der Waals surface area contributed by atoms with Crippen LogP contribution in [0.2, 0.25) is 0 Å². The topological polar surface area (TPSA) is 85.2 Å². The highest BCUT2D eigenvalue weighted by molar-refractivity contribution is 8.12. The Hall–Kier alpha value is -0.480. The van der Waals surface area contributed by atoms with Crippen molar-refractivity contribution in [1.82, 2.24) is 0 Å². The predicted molar refractivity (Wildman–Crippen MR) is 143 cm³/mol. The summed E-state index contributed by atoms with van der Waals surface area (Å²) >= 11 is 1.55. The van der Waals surface area contributed by atoms with E-state index in [-0.39, 0.29) is 18.6 Å². The zero-order chi connectivity index (χ0) is 25.1. The van der Waals surface area contributed by atoms with E-state index in [9.17, 15) is 14.4 Å². The summed E-state index contributed by atoms with van der Waals surface area (Å²) in [5.41, 5.74) is 1.11. The Morgan fingerprint density at radius 1 is 1.09 bits per heavy atom. The number of rotatable bonds is 12. The largest absolute Gasteiger partial charge is 0.391 e. The normalized spacial score (nSPS) is 29.5. The Labute approximate surface area is 218 Å². The van der Waals surface area contributed by atoms with Crippen LogP contribution in [0.4, 0.5) is 0 Å². The summed E-state index contributed by atoms with van der Waals surface area (Å²) in [4.78, 5) is 0. The Morgan fingerprint density at radius 3 is 2.46 bits per heavy atom. The van der Waals surface area contributed by atoms with Gasteiger partial charge in [-0.15, -0.1) is 11.8 Å². The highest BCUT2D eigenvalue weighted by Gasteiger charge is 2.48. The lowest BCUT2D eigenvalue weighted by atomic mass is 9.96. The molecule has 0 spiro atoms. The van der Waals surface area contributed by atoms with Crippen LogP contribution in [0.15, 0.2) is 30.3 Å². The lowest BCUT2D eigenvalue weighted by Crippen LogP contribution is -2.51. The van der Waals surface area contributed by atoms with E-state index >= 15 is 0 Å². The van der Waals surface area contributed by atoms with Crippen molar-refractivity contribution in [1.29, 1.82) is 0 Å². The standard InChI is InChI=1S/C27H44O6S2/c1-3-34-27(35(30)4-2,26(29)18-24-22(28)14-8-10-16-31-24)19-25-23(15-9-11-17-32-25)33-20-21-12-6-5-7-13-21/h5-7,12-13,22-26,28-29H,3-4,8-11,14-20H2,1-2H3/t22-,23+,24+,25-,26?,27?,35?/m0/s1. The van der Waals surface area contributed by atoms with Gasteiger partial charge in [-0.05, 0) is 49.8 Å². The molecule has 2 aliphatic heterocycles. The summed E-state index contributed by atoms with van der Waals surface area (Å²) in [5, 5.41) is 22.3. The van der Waals surface area contributed by atoms with E-state index in [0.717, 1.165) is 43.4 Å². The molecule has 0 amide bonds. The van der Waals surface area contributed by atoms with Gasteiger partial charge in [0, 0.05) is 42.6 Å². The molecule has 0 radical (unpaired) electrons. The van der Waals surface area contributed by atoms with Crippen molar-refractivity contribution in [2.24, 2.45) is 0 Å². The summed E-state index contributed by atoms with van der Waals surface area (Å²) < 4.78 is 31.3. The van der Waals surface area contributed by atoms with Gasteiger partial charge in [0.15, 0.2) is 0 Å². The highest BCUT2D eigenvalue weighted by Crippen LogP contribution is 2.42. The van der Waals surface area contributed by atoms with Crippen LogP contribution in [0.5, 0.6) is 0 Å². The van der Waals surface area contributed by atoms with Gasteiger partial charge in [-0.1, -0.05) is 44.2 Å².